The maximum Gasteiger partial charge on any atom is 0.123 e. The van der Waals surface area contributed by atoms with Gasteiger partial charge in [0.25, 0.3) is 0 Å². The highest BCUT2D eigenvalue weighted by molar-refractivity contribution is 5.85. The highest BCUT2D eigenvalue weighted by atomic mass is 35.5. The van der Waals surface area contributed by atoms with E-state index >= 15 is 0 Å². The normalized spacial score (nSPS) is 23.5. The second kappa shape index (κ2) is 11.0. The smallest absolute Gasteiger partial charge is 0.123 e. The van der Waals surface area contributed by atoms with Crippen molar-refractivity contribution >= 4 is 12.4 Å². The summed E-state index contributed by atoms with van der Waals surface area (Å²) >= 11 is 0. The Bertz CT molecular complexity index is 727. The molecule has 3 atom stereocenters. The zero-order chi connectivity index (χ0) is 19.2. The Hall–Kier alpha value is -1.54. The van der Waals surface area contributed by atoms with Crippen molar-refractivity contribution in [3.63, 3.8) is 0 Å². The fraction of sp³-hybridized carbons (Fsp3) is 0.455. The van der Waals surface area contributed by atoms with E-state index in [0.717, 1.165) is 51.5 Å². The molecular formula is C22H30ClFN4O. The molecule has 2 saturated heterocycles. The first-order chi connectivity index (χ1) is 13.8. The molecule has 5 nitrogen and oxygen atoms in total. The van der Waals surface area contributed by atoms with Crippen LogP contribution >= 0.6 is 12.4 Å². The van der Waals surface area contributed by atoms with Crippen molar-refractivity contribution in [2.45, 2.75) is 12.1 Å². The van der Waals surface area contributed by atoms with Crippen molar-refractivity contribution < 1.29 is 9.13 Å². The van der Waals surface area contributed by atoms with Crippen molar-refractivity contribution in [3.05, 3.63) is 71.5 Å². The predicted octanol–water partition coefficient (Wildman–Crippen LogP) is 2.68. The molecule has 2 heterocycles. The third kappa shape index (κ3) is 5.75. The SMILES string of the molecule is Cl.Fc1ccc(C2NNCC2CNCC(c2ccccc2)N2CCOCC2)cc1. The molecule has 0 bridgehead atoms. The van der Waals surface area contributed by atoms with Crippen LogP contribution in [0.25, 0.3) is 0 Å². The first-order valence-electron chi connectivity index (χ1n) is 10.1. The minimum atomic E-state index is -0.194. The van der Waals surface area contributed by atoms with Crippen LogP contribution in [0.1, 0.15) is 23.2 Å². The van der Waals surface area contributed by atoms with Gasteiger partial charge in [-0.05, 0) is 23.3 Å². The zero-order valence-electron chi connectivity index (χ0n) is 16.5. The fourth-order valence-electron chi connectivity index (χ4n) is 4.18. The largest absolute Gasteiger partial charge is 0.379 e. The molecule has 0 aromatic heterocycles. The summed E-state index contributed by atoms with van der Waals surface area (Å²) in [5.41, 5.74) is 9.05. The minimum Gasteiger partial charge on any atom is -0.379 e. The Morgan fingerprint density at radius 2 is 1.79 bits per heavy atom. The first kappa shape index (κ1) is 22.2. The molecular weight excluding hydrogens is 391 g/mol. The van der Waals surface area contributed by atoms with Gasteiger partial charge in [0.1, 0.15) is 5.82 Å². The summed E-state index contributed by atoms with van der Waals surface area (Å²) in [7, 11) is 0. The Kier molecular flexibility index (Phi) is 8.41. The third-order valence-corrected chi connectivity index (χ3v) is 5.74. The van der Waals surface area contributed by atoms with E-state index in [0.29, 0.717) is 12.0 Å². The van der Waals surface area contributed by atoms with E-state index in [-0.39, 0.29) is 24.3 Å². The number of ether oxygens (including phenoxy) is 1. The Balaban J connectivity index is 0.00000240. The molecule has 3 unspecified atom stereocenters. The number of hydrogen-bond acceptors (Lipinski definition) is 5. The molecule has 29 heavy (non-hydrogen) atoms. The van der Waals surface area contributed by atoms with Crippen LogP contribution in [0.2, 0.25) is 0 Å². The van der Waals surface area contributed by atoms with Gasteiger partial charge in [0.15, 0.2) is 0 Å². The van der Waals surface area contributed by atoms with Gasteiger partial charge in [-0.1, -0.05) is 42.5 Å². The number of rotatable bonds is 7. The van der Waals surface area contributed by atoms with Crippen LogP contribution in [-0.2, 0) is 4.74 Å². The standard InChI is InChI=1S/C22H29FN4O.ClH/c23-20-8-6-18(7-9-20)22-19(15-25-26-22)14-24-16-21(17-4-2-1-3-5-17)27-10-12-28-13-11-27;/h1-9,19,21-22,24-26H,10-16H2;1H. The second-order valence-electron chi connectivity index (χ2n) is 7.55. The van der Waals surface area contributed by atoms with Gasteiger partial charge in [0.2, 0.25) is 0 Å². The summed E-state index contributed by atoms with van der Waals surface area (Å²) < 4.78 is 18.8. The molecule has 4 rings (SSSR count). The van der Waals surface area contributed by atoms with E-state index in [1.54, 1.807) is 0 Å². The van der Waals surface area contributed by atoms with Crippen LogP contribution < -0.4 is 16.2 Å². The van der Waals surface area contributed by atoms with Gasteiger partial charge in [-0.3, -0.25) is 10.3 Å². The van der Waals surface area contributed by atoms with Crippen LogP contribution in [0.3, 0.4) is 0 Å². The number of nitrogens with zero attached hydrogens (tertiary/aromatic N) is 1. The van der Waals surface area contributed by atoms with Gasteiger partial charge >= 0.3 is 0 Å². The van der Waals surface area contributed by atoms with E-state index in [9.17, 15) is 4.39 Å². The van der Waals surface area contributed by atoms with E-state index in [4.69, 9.17) is 4.74 Å². The van der Waals surface area contributed by atoms with E-state index in [2.05, 4.69) is 51.4 Å². The van der Waals surface area contributed by atoms with Gasteiger partial charge in [-0.15, -0.1) is 12.4 Å². The van der Waals surface area contributed by atoms with Crippen LogP contribution in [0.5, 0.6) is 0 Å². The summed E-state index contributed by atoms with van der Waals surface area (Å²) in [4.78, 5) is 2.51. The highest BCUT2D eigenvalue weighted by Gasteiger charge is 2.29. The first-order valence-corrected chi connectivity index (χ1v) is 10.1. The number of benzene rings is 2. The van der Waals surface area contributed by atoms with Crippen molar-refractivity contribution in [2.24, 2.45) is 5.92 Å². The number of nitrogens with one attached hydrogen (secondary N) is 3. The fourth-order valence-corrected chi connectivity index (χ4v) is 4.18. The molecule has 158 valence electrons. The quantitative estimate of drug-likeness (QED) is 0.643. The molecule has 2 fully saturated rings. The van der Waals surface area contributed by atoms with Crippen molar-refractivity contribution in [1.29, 1.82) is 0 Å². The highest BCUT2D eigenvalue weighted by Crippen LogP contribution is 2.25. The van der Waals surface area contributed by atoms with Gasteiger partial charge in [-0.25, -0.2) is 9.82 Å². The van der Waals surface area contributed by atoms with Crippen molar-refractivity contribution in [2.75, 3.05) is 45.9 Å². The van der Waals surface area contributed by atoms with Crippen LogP contribution in [0.15, 0.2) is 54.6 Å². The van der Waals surface area contributed by atoms with E-state index < -0.39 is 0 Å². The monoisotopic (exact) mass is 420 g/mol. The van der Waals surface area contributed by atoms with Crippen molar-refractivity contribution in [3.8, 4) is 0 Å². The Morgan fingerprint density at radius 1 is 1.07 bits per heavy atom. The molecule has 2 aliphatic rings. The summed E-state index contributed by atoms with van der Waals surface area (Å²) in [6.45, 7) is 6.21. The predicted molar refractivity (Wildman–Crippen MR) is 115 cm³/mol. The molecule has 3 N–H and O–H groups in total. The van der Waals surface area contributed by atoms with Crippen molar-refractivity contribution in [1.82, 2.24) is 21.1 Å². The van der Waals surface area contributed by atoms with E-state index in [1.165, 1.54) is 17.7 Å². The molecule has 0 saturated carbocycles. The molecule has 7 heteroatoms. The lowest BCUT2D eigenvalue weighted by Crippen LogP contribution is -2.43. The average Bonchev–Trinajstić information content (AvgIpc) is 3.21. The lowest BCUT2D eigenvalue weighted by Gasteiger charge is -2.35. The zero-order valence-corrected chi connectivity index (χ0v) is 17.3. The summed E-state index contributed by atoms with van der Waals surface area (Å²) in [6.07, 6.45) is 0. The number of hydrogen-bond donors (Lipinski definition) is 3. The third-order valence-electron chi connectivity index (χ3n) is 5.74. The van der Waals surface area contributed by atoms with Crippen LogP contribution in [-0.4, -0.2) is 50.8 Å². The van der Waals surface area contributed by atoms with Gasteiger partial charge < -0.3 is 10.1 Å². The lowest BCUT2D eigenvalue weighted by atomic mass is 9.94. The minimum absolute atomic E-state index is 0. The second-order valence-corrected chi connectivity index (χ2v) is 7.55. The Labute approximate surface area is 178 Å². The average molecular weight is 421 g/mol. The molecule has 0 radical (unpaired) electrons. The van der Waals surface area contributed by atoms with Crippen LogP contribution in [0.4, 0.5) is 4.39 Å². The topological polar surface area (TPSA) is 48.6 Å². The summed E-state index contributed by atoms with van der Waals surface area (Å²) in [5.74, 6) is 0.215. The molecule has 0 spiro atoms. The molecule has 0 amide bonds. The summed E-state index contributed by atoms with van der Waals surface area (Å²) in [5, 5.41) is 3.70. The molecule has 2 aromatic carbocycles. The van der Waals surface area contributed by atoms with E-state index in [1.807, 2.05) is 12.1 Å². The lowest BCUT2D eigenvalue weighted by molar-refractivity contribution is 0.0160. The van der Waals surface area contributed by atoms with Crippen LogP contribution in [0, 0.1) is 11.7 Å². The Morgan fingerprint density at radius 3 is 2.52 bits per heavy atom. The summed E-state index contributed by atoms with van der Waals surface area (Å²) in [6, 6.07) is 18.0. The molecule has 2 aliphatic heterocycles. The van der Waals surface area contributed by atoms with Gasteiger partial charge in [0, 0.05) is 44.7 Å². The number of hydrazine groups is 1. The number of morpholine rings is 1. The maximum atomic E-state index is 13.2. The molecule has 2 aromatic rings. The molecule has 0 aliphatic carbocycles. The number of halogens is 2. The maximum absolute atomic E-state index is 13.2. The van der Waals surface area contributed by atoms with Gasteiger partial charge in [-0.2, -0.15) is 0 Å². The van der Waals surface area contributed by atoms with Gasteiger partial charge in [0.05, 0.1) is 19.3 Å².